The van der Waals surface area contributed by atoms with Gasteiger partial charge in [-0.1, -0.05) is 51.3 Å². The Morgan fingerprint density at radius 3 is 2.38 bits per heavy atom. The van der Waals surface area contributed by atoms with E-state index >= 15 is 0 Å². The van der Waals surface area contributed by atoms with Gasteiger partial charge >= 0.3 is 6.09 Å². The lowest BCUT2D eigenvalue weighted by Gasteiger charge is -2.53. The Morgan fingerprint density at radius 2 is 1.83 bits per heavy atom. The molecule has 0 aliphatic carbocycles. The van der Waals surface area contributed by atoms with Crippen molar-refractivity contribution in [3.05, 3.63) is 78.4 Å². The number of alkyl carbamates (subject to hydrolysis) is 1. The highest BCUT2D eigenvalue weighted by Gasteiger charge is 2.48. The number of hydrazine groups is 1. The van der Waals surface area contributed by atoms with Gasteiger partial charge < -0.3 is 29.9 Å². The van der Waals surface area contributed by atoms with Crippen molar-refractivity contribution < 1.29 is 37.4 Å². The molecular formula is C34H50F2N6O6. The van der Waals surface area contributed by atoms with Crippen molar-refractivity contribution in [1.82, 2.24) is 30.5 Å². The largest absolute Gasteiger partial charge is 0.497 e. The number of hydrogen-bond donors (Lipinski definition) is 2. The lowest BCUT2D eigenvalue weighted by Crippen LogP contribution is -2.74. The molecule has 2 saturated heterocycles. The van der Waals surface area contributed by atoms with E-state index in [9.17, 15) is 28.0 Å². The number of methoxy groups -OCH3 is 1. The average molecular weight is 677 g/mol. The predicted octanol–water partition coefficient (Wildman–Crippen LogP) is 4.09. The van der Waals surface area contributed by atoms with Crippen molar-refractivity contribution in [1.29, 1.82) is 0 Å². The van der Waals surface area contributed by atoms with E-state index in [0.717, 1.165) is 12.3 Å². The van der Waals surface area contributed by atoms with Gasteiger partial charge in [-0.15, -0.1) is 0 Å². The number of piperazine rings is 1. The lowest BCUT2D eigenvalue weighted by molar-refractivity contribution is -0.196. The summed E-state index contributed by atoms with van der Waals surface area (Å²) < 4.78 is 37.4. The molecule has 0 spiro atoms. The number of amides is 4. The molecule has 3 rings (SSSR count). The first-order chi connectivity index (χ1) is 23.0. The van der Waals surface area contributed by atoms with E-state index in [1.807, 2.05) is 33.0 Å². The zero-order valence-electron chi connectivity index (χ0n) is 28.8. The monoisotopic (exact) mass is 676 g/mol. The van der Waals surface area contributed by atoms with Gasteiger partial charge in [-0.05, 0) is 44.5 Å². The number of likely N-dealkylation sites (N-methyl/N-ethyl adjacent to an activating group) is 1. The Kier molecular flexibility index (Phi) is 19.1. The molecule has 0 saturated carbocycles. The van der Waals surface area contributed by atoms with Gasteiger partial charge in [0.2, 0.25) is 18.2 Å². The van der Waals surface area contributed by atoms with Gasteiger partial charge in [0.1, 0.15) is 36.2 Å². The molecule has 1 aromatic rings. The number of benzene rings is 1. The summed E-state index contributed by atoms with van der Waals surface area (Å²) in [5.74, 6) is -1.71. The molecule has 0 aromatic heterocycles. The first kappa shape index (κ1) is 41.5. The fraction of sp³-hybridized carbons (Fsp3) is 0.471. The molecule has 48 heavy (non-hydrogen) atoms. The lowest BCUT2D eigenvalue weighted by atomic mass is 10.0. The van der Waals surface area contributed by atoms with E-state index in [0.29, 0.717) is 18.9 Å². The van der Waals surface area contributed by atoms with E-state index in [4.69, 9.17) is 9.47 Å². The molecular weight excluding hydrogens is 626 g/mol. The number of nitrogens with one attached hydrogen (secondary N) is 2. The molecule has 2 aliphatic heterocycles. The number of nitrogens with zero attached hydrogens (tertiary/aromatic N) is 4. The third-order valence-electron chi connectivity index (χ3n) is 7.19. The van der Waals surface area contributed by atoms with Crippen LogP contribution in [-0.2, 0) is 25.7 Å². The standard InChI is InChI=1S/C23H31F2N5O5.C9H13NO.C2H6/c1-5-10-35-23(34)26-9-7-8-19-22(33)28(12-17(6-2)18(25)11-16(3)24)13-20-29(15-31)27(4)14-21(32)30(19)20;1-10-7-8-3-5-9(11-2)6-4-8;1-2/h5-6,11,15,19-20H,1,3,7-10,12-14H2,2,4H3,(H,26,34);3-6,10H,7H2,1-2H3;1-2H3/b17-6-,18-11+;;/t19-,20?;;/m0../s1. The number of ether oxygens (including phenoxy) is 2. The third-order valence-corrected chi connectivity index (χ3v) is 7.19. The summed E-state index contributed by atoms with van der Waals surface area (Å²) in [7, 11) is 5.18. The molecule has 266 valence electrons. The molecule has 2 fully saturated rings. The first-order valence-corrected chi connectivity index (χ1v) is 15.7. The quantitative estimate of drug-likeness (QED) is 0.131. The molecule has 12 nitrogen and oxygen atoms in total. The molecule has 1 unspecified atom stereocenters. The van der Waals surface area contributed by atoms with Crippen molar-refractivity contribution in [2.45, 2.75) is 52.4 Å². The summed E-state index contributed by atoms with van der Waals surface area (Å²) >= 11 is 0. The van der Waals surface area contributed by atoms with Crippen molar-refractivity contribution in [2.75, 3.05) is 54.0 Å². The highest BCUT2D eigenvalue weighted by molar-refractivity contribution is 5.91. The predicted molar refractivity (Wildman–Crippen MR) is 181 cm³/mol. The maximum absolute atomic E-state index is 14.5. The Balaban J connectivity index is 0.000000741. The van der Waals surface area contributed by atoms with Crippen LogP contribution in [0, 0.1) is 0 Å². The summed E-state index contributed by atoms with van der Waals surface area (Å²) in [4.78, 5) is 52.4. The van der Waals surface area contributed by atoms with Crippen LogP contribution < -0.4 is 15.4 Å². The minimum atomic E-state index is -0.971. The molecule has 2 atom stereocenters. The van der Waals surface area contributed by atoms with E-state index in [2.05, 4.69) is 35.9 Å². The number of fused-ring (bicyclic) bond motifs is 1. The Hall–Kier alpha value is -4.56. The minimum Gasteiger partial charge on any atom is -0.497 e. The van der Waals surface area contributed by atoms with E-state index in [1.54, 1.807) is 21.1 Å². The highest BCUT2D eigenvalue weighted by atomic mass is 19.1. The second-order valence-electron chi connectivity index (χ2n) is 10.4. The molecule has 2 heterocycles. The first-order valence-electron chi connectivity index (χ1n) is 15.7. The normalized spacial score (nSPS) is 18.0. The Morgan fingerprint density at radius 1 is 1.17 bits per heavy atom. The summed E-state index contributed by atoms with van der Waals surface area (Å²) in [5.41, 5.74) is 1.33. The van der Waals surface area contributed by atoms with Crippen molar-refractivity contribution in [3.63, 3.8) is 0 Å². The number of carbonyl (C=O) groups is 4. The number of rotatable bonds is 14. The van der Waals surface area contributed by atoms with Gasteiger partial charge in [-0.25, -0.2) is 18.6 Å². The topological polar surface area (TPSA) is 124 Å². The molecule has 14 heteroatoms. The minimum absolute atomic E-state index is 0.0505. The number of allylic oxidation sites excluding steroid dienone is 3. The zero-order chi connectivity index (χ0) is 36.2. The van der Waals surface area contributed by atoms with E-state index in [-0.39, 0.29) is 50.7 Å². The fourth-order valence-corrected chi connectivity index (χ4v) is 4.97. The molecule has 0 bridgehead atoms. The molecule has 4 amide bonds. The van der Waals surface area contributed by atoms with Gasteiger partial charge in [0.05, 0.1) is 20.2 Å². The average Bonchev–Trinajstić information content (AvgIpc) is 3.07. The number of hydrogen-bond acceptors (Lipinski definition) is 8. The van der Waals surface area contributed by atoms with E-state index in [1.165, 1.54) is 37.5 Å². The summed E-state index contributed by atoms with van der Waals surface area (Å²) in [6.45, 7) is 12.8. The zero-order valence-corrected chi connectivity index (χ0v) is 28.8. The fourth-order valence-electron chi connectivity index (χ4n) is 4.97. The Bertz CT molecular complexity index is 1290. The second-order valence-corrected chi connectivity index (χ2v) is 10.4. The maximum Gasteiger partial charge on any atom is 0.407 e. The van der Waals surface area contributed by atoms with Crippen LogP contribution in [0.1, 0.15) is 39.2 Å². The molecule has 0 radical (unpaired) electrons. The third kappa shape index (κ3) is 12.6. The van der Waals surface area contributed by atoms with Gasteiger partial charge in [-0.3, -0.25) is 19.4 Å². The smallest absolute Gasteiger partial charge is 0.407 e. The van der Waals surface area contributed by atoms with E-state index < -0.39 is 35.9 Å². The summed E-state index contributed by atoms with van der Waals surface area (Å²) in [6, 6.07) is 7.09. The van der Waals surface area contributed by atoms with Crippen LogP contribution in [-0.4, -0.2) is 110 Å². The van der Waals surface area contributed by atoms with Crippen LogP contribution in [0.25, 0.3) is 0 Å². The van der Waals surface area contributed by atoms with Crippen LogP contribution in [0.3, 0.4) is 0 Å². The van der Waals surface area contributed by atoms with Crippen LogP contribution in [0.2, 0.25) is 0 Å². The van der Waals surface area contributed by atoms with Gasteiger partial charge in [-0.2, -0.15) is 0 Å². The SMILES string of the molecule is C=CCOC(=O)NCCC[C@H]1C(=O)N(CC(=C/C)/C(F)=C\C(=C)F)CC2N1C(=O)CN(C)N2C=O.CC.CNCc1ccc(OC)cc1. The highest BCUT2D eigenvalue weighted by Crippen LogP contribution is 2.28. The summed E-state index contributed by atoms with van der Waals surface area (Å²) in [6.07, 6.45) is 3.10. The van der Waals surface area contributed by atoms with Crippen molar-refractivity contribution in [2.24, 2.45) is 0 Å². The van der Waals surface area contributed by atoms with Crippen LogP contribution in [0.15, 0.2) is 72.9 Å². The van der Waals surface area contributed by atoms with Gasteiger partial charge in [0.25, 0.3) is 0 Å². The van der Waals surface area contributed by atoms with Gasteiger partial charge in [0, 0.05) is 38.3 Å². The second kappa shape index (κ2) is 22.1. The van der Waals surface area contributed by atoms with Crippen LogP contribution in [0.5, 0.6) is 5.75 Å². The van der Waals surface area contributed by atoms with Gasteiger partial charge in [0.15, 0.2) is 0 Å². The van der Waals surface area contributed by atoms with Crippen molar-refractivity contribution in [3.8, 4) is 5.75 Å². The molecule has 2 N–H and O–H groups in total. The van der Waals surface area contributed by atoms with Crippen LogP contribution >= 0.6 is 0 Å². The van der Waals surface area contributed by atoms with Crippen LogP contribution in [0.4, 0.5) is 13.6 Å². The molecule has 2 aliphatic rings. The molecule has 1 aromatic carbocycles. The number of carbonyl (C=O) groups excluding carboxylic acids is 4. The number of halogens is 2. The maximum atomic E-state index is 14.5. The van der Waals surface area contributed by atoms with Crippen molar-refractivity contribution >= 4 is 24.3 Å². The summed E-state index contributed by atoms with van der Waals surface area (Å²) in [5, 5.41) is 8.38. The Labute approximate surface area is 282 Å².